The van der Waals surface area contributed by atoms with Crippen molar-refractivity contribution >= 4 is 33.3 Å². The van der Waals surface area contributed by atoms with Crippen molar-refractivity contribution in [3.8, 4) is 11.5 Å². The lowest BCUT2D eigenvalue weighted by Gasteiger charge is -2.22. The van der Waals surface area contributed by atoms with E-state index in [4.69, 9.17) is 13.9 Å². The smallest absolute Gasteiger partial charge is 0.297 e. The van der Waals surface area contributed by atoms with Gasteiger partial charge in [-0.2, -0.15) is 0 Å². The third-order valence-electron chi connectivity index (χ3n) is 5.21. The summed E-state index contributed by atoms with van der Waals surface area (Å²) in [7, 11) is 1.59. The van der Waals surface area contributed by atoms with Gasteiger partial charge in [0.15, 0.2) is 10.6 Å². The number of benzene rings is 2. The molecule has 31 heavy (non-hydrogen) atoms. The number of rotatable bonds is 5. The van der Waals surface area contributed by atoms with Gasteiger partial charge < -0.3 is 13.9 Å². The first-order valence-corrected chi connectivity index (χ1v) is 10.6. The summed E-state index contributed by atoms with van der Waals surface area (Å²) in [5, 5.41) is 2.68. The minimum atomic E-state index is -0.647. The zero-order chi connectivity index (χ0) is 21.5. The molecule has 2 aromatic carbocycles. The van der Waals surface area contributed by atoms with Crippen LogP contribution in [0, 0.1) is 0 Å². The highest BCUT2D eigenvalue weighted by atomic mass is 32.1. The van der Waals surface area contributed by atoms with E-state index in [0.29, 0.717) is 39.8 Å². The molecule has 1 unspecified atom stereocenters. The van der Waals surface area contributed by atoms with Crippen molar-refractivity contribution in [2.75, 3.05) is 18.6 Å². The Morgan fingerprint density at radius 2 is 1.90 bits per heavy atom. The third kappa shape index (κ3) is 3.07. The molecular weight excluding hydrogens is 416 g/mol. The van der Waals surface area contributed by atoms with Gasteiger partial charge in [-0.05, 0) is 36.8 Å². The molecule has 3 heterocycles. The standard InChI is InChI=1S/C23H18N2O5S/c1-3-29-15-8-9-16-17(12-15)30-21-18(20(16)26)19(13-4-6-14(28-2)7-5-13)25(22(21)27)23-24-10-11-31-23/h4-12,19H,3H2,1-2H3. The maximum Gasteiger partial charge on any atom is 0.297 e. The number of methoxy groups -OCH3 is 1. The number of hydrogen-bond acceptors (Lipinski definition) is 7. The van der Waals surface area contributed by atoms with E-state index in [0.717, 1.165) is 5.56 Å². The molecule has 4 aromatic rings. The van der Waals surface area contributed by atoms with Crippen LogP contribution in [0.2, 0.25) is 0 Å². The van der Waals surface area contributed by atoms with E-state index in [1.807, 2.05) is 19.1 Å². The summed E-state index contributed by atoms with van der Waals surface area (Å²) in [6, 6.07) is 11.7. The molecule has 0 saturated carbocycles. The Balaban J connectivity index is 1.75. The molecule has 0 radical (unpaired) electrons. The van der Waals surface area contributed by atoms with E-state index in [1.165, 1.54) is 16.2 Å². The normalized spacial score (nSPS) is 15.4. The van der Waals surface area contributed by atoms with Crippen molar-refractivity contribution < 1.29 is 18.7 Å². The van der Waals surface area contributed by atoms with E-state index in [2.05, 4.69) is 4.98 Å². The van der Waals surface area contributed by atoms with Crippen LogP contribution in [0.25, 0.3) is 11.0 Å². The zero-order valence-electron chi connectivity index (χ0n) is 16.8. The molecule has 1 amide bonds. The van der Waals surface area contributed by atoms with E-state index >= 15 is 0 Å². The van der Waals surface area contributed by atoms with Gasteiger partial charge in [-0.25, -0.2) is 4.98 Å². The predicted molar refractivity (Wildman–Crippen MR) is 117 cm³/mol. The lowest BCUT2D eigenvalue weighted by Crippen LogP contribution is -2.29. The average Bonchev–Trinajstić information content (AvgIpc) is 3.41. The minimum Gasteiger partial charge on any atom is -0.497 e. The van der Waals surface area contributed by atoms with Crippen LogP contribution in [0.15, 0.2) is 63.3 Å². The van der Waals surface area contributed by atoms with E-state index < -0.39 is 11.9 Å². The largest absolute Gasteiger partial charge is 0.497 e. The lowest BCUT2D eigenvalue weighted by atomic mass is 9.98. The van der Waals surface area contributed by atoms with Crippen molar-refractivity contribution in [3.63, 3.8) is 0 Å². The van der Waals surface area contributed by atoms with Gasteiger partial charge in [0, 0.05) is 17.6 Å². The van der Waals surface area contributed by atoms with Crippen LogP contribution in [-0.2, 0) is 0 Å². The van der Waals surface area contributed by atoms with Crippen LogP contribution in [0.4, 0.5) is 5.13 Å². The first-order valence-electron chi connectivity index (χ1n) is 9.73. The number of aromatic nitrogens is 1. The summed E-state index contributed by atoms with van der Waals surface area (Å²) in [4.78, 5) is 32.8. The van der Waals surface area contributed by atoms with Gasteiger partial charge in [-0.1, -0.05) is 12.1 Å². The maximum absolute atomic E-state index is 13.5. The van der Waals surface area contributed by atoms with Gasteiger partial charge in [0.25, 0.3) is 5.91 Å². The van der Waals surface area contributed by atoms with Crippen LogP contribution >= 0.6 is 11.3 Å². The number of carbonyl (C=O) groups is 1. The van der Waals surface area contributed by atoms with Gasteiger partial charge in [0.05, 0.1) is 30.7 Å². The Bertz CT molecular complexity index is 1330. The highest BCUT2D eigenvalue weighted by molar-refractivity contribution is 7.13. The highest BCUT2D eigenvalue weighted by Crippen LogP contribution is 2.42. The van der Waals surface area contributed by atoms with Crippen molar-refractivity contribution in [2.24, 2.45) is 0 Å². The molecule has 1 aliphatic rings. The topological polar surface area (TPSA) is 81.9 Å². The number of amides is 1. The first kappa shape index (κ1) is 19.3. The van der Waals surface area contributed by atoms with Crippen LogP contribution in [0.5, 0.6) is 11.5 Å². The molecule has 2 aromatic heterocycles. The monoisotopic (exact) mass is 434 g/mol. The van der Waals surface area contributed by atoms with Crippen molar-refractivity contribution in [1.82, 2.24) is 4.98 Å². The van der Waals surface area contributed by atoms with Gasteiger partial charge in [-0.15, -0.1) is 11.3 Å². The lowest BCUT2D eigenvalue weighted by molar-refractivity contribution is 0.0971. The summed E-state index contributed by atoms with van der Waals surface area (Å²) < 4.78 is 16.8. The summed E-state index contributed by atoms with van der Waals surface area (Å²) >= 11 is 1.33. The second-order valence-electron chi connectivity index (χ2n) is 6.93. The number of thiazole rings is 1. The quantitative estimate of drug-likeness (QED) is 0.463. The summed E-state index contributed by atoms with van der Waals surface area (Å²) in [6.07, 6.45) is 1.63. The number of hydrogen-bond donors (Lipinski definition) is 0. The predicted octanol–water partition coefficient (Wildman–Crippen LogP) is 4.41. The van der Waals surface area contributed by atoms with Gasteiger partial charge >= 0.3 is 0 Å². The SMILES string of the molecule is CCOc1ccc2c(=O)c3c(oc2c1)C(=O)N(c1nccs1)C3c1ccc(OC)cc1. The molecule has 0 spiro atoms. The Labute approximate surface area is 181 Å². The van der Waals surface area contributed by atoms with Crippen molar-refractivity contribution in [1.29, 1.82) is 0 Å². The van der Waals surface area contributed by atoms with E-state index in [-0.39, 0.29) is 11.2 Å². The van der Waals surface area contributed by atoms with Gasteiger partial charge in [0.1, 0.15) is 17.1 Å². The highest BCUT2D eigenvalue weighted by Gasteiger charge is 2.44. The fraction of sp³-hybridized carbons (Fsp3) is 0.174. The second-order valence-corrected chi connectivity index (χ2v) is 7.80. The first-order chi connectivity index (χ1) is 15.1. The number of carbonyl (C=O) groups excluding carboxylic acids is 1. The summed E-state index contributed by atoms with van der Waals surface area (Å²) in [6.45, 7) is 2.36. The number of fused-ring (bicyclic) bond motifs is 2. The van der Waals surface area contributed by atoms with Crippen molar-refractivity contribution in [2.45, 2.75) is 13.0 Å². The molecule has 0 bridgehead atoms. The van der Waals surface area contributed by atoms with Gasteiger partial charge in [0.2, 0.25) is 5.76 Å². The minimum absolute atomic E-state index is 0.0298. The van der Waals surface area contributed by atoms with Crippen molar-refractivity contribution in [3.05, 3.63) is 81.2 Å². The molecule has 7 nitrogen and oxygen atoms in total. The van der Waals surface area contributed by atoms with Crippen LogP contribution in [0.1, 0.15) is 34.6 Å². The zero-order valence-corrected chi connectivity index (χ0v) is 17.6. The summed E-state index contributed by atoms with van der Waals surface area (Å²) in [5.74, 6) is 0.892. The fourth-order valence-electron chi connectivity index (χ4n) is 3.84. The number of anilines is 1. The van der Waals surface area contributed by atoms with Crippen LogP contribution in [0.3, 0.4) is 0 Å². The molecule has 1 atom stereocenters. The molecule has 0 saturated heterocycles. The maximum atomic E-state index is 13.5. The third-order valence-corrected chi connectivity index (χ3v) is 5.98. The molecule has 0 aliphatic carbocycles. The molecule has 0 N–H and O–H groups in total. The average molecular weight is 434 g/mol. The number of nitrogens with zero attached hydrogens (tertiary/aromatic N) is 2. The van der Waals surface area contributed by atoms with E-state index in [1.54, 1.807) is 49.0 Å². The Kier molecular flexibility index (Phi) is 4.71. The molecule has 8 heteroatoms. The van der Waals surface area contributed by atoms with E-state index in [9.17, 15) is 9.59 Å². The molecule has 5 rings (SSSR count). The Morgan fingerprint density at radius 1 is 1.13 bits per heavy atom. The fourth-order valence-corrected chi connectivity index (χ4v) is 4.51. The summed E-state index contributed by atoms with van der Waals surface area (Å²) in [5.41, 5.74) is 1.15. The molecule has 1 aliphatic heterocycles. The molecule has 0 fully saturated rings. The number of ether oxygens (including phenoxy) is 2. The van der Waals surface area contributed by atoms with Gasteiger partial charge in [-0.3, -0.25) is 14.5 Å². The second kappa shape index (κ2) is 7.55. The molecular formula is C23H18N2O5S. The Morgan fingerprint density at radius 3 is 2.58 bits per heavy atom. The van der Waals surface area contributed by atoms with Crippen LogP contribution in [-0.4, -0.2) is 24.6 Å². The van der Waals surface area contributed by atoms with Crippen LogP contribution < -0.4 is 19.8 Å². The Hall–Kier alpha value is -3.65. The molecule has 156 valence electrons.